The molecule has 0 aromatic carbocycles. The highest BCUT2D eigenvalue weighted by atomic mass is 16.5. The van der Waals surface area contributed by atoms with Crippen molar-refractivity contribution >= 4 is 12.1 Å². The summed E-state index contributed by atoms with van der Waals surface area (Å²) in [5, 5.41) is 1.61. The number of rotatable bonds is 1. The van der Waals surface area contributed by atoms with Crippen LogP contribution in [-0.2, 0) is 4.74 Å². The quantitative estimate of drug-likeness (QED) is 0.549. The van der Waals surface area contributed by atoms with Crippen LogP contribution in [-0.4, -0.2) is 18.7 Å². The summed E-state index contributed by atoms with van der Waals surface area (Å²) >= 11 is 0. The van der Waals surface area contributed by atoms with E-state index in [9.17, 15) is 9.59 Å². The fraction of sp³-hybridized carbons (Fsp3) is 0.500. The topological polar surface area (TPSA) is 79.2 Å². The molecule has 51 valence electrons. The standard InChI is InChI=1S/C4H7N2O3/c1-2-9-4(8)6-3(5)7/h5H,2H2,1H3,(H,6,7,8). The fourth-order valence-corrected chi connectivity index (χ4v) is 0.260. The second-order valence-electron chi connectivity index (χ2n) is 1.17. The molecule has 0 heterocycles. The predicted molar refractivity (Wildman–Crippen MR) is 28.7 cm³/mol. The summed E-state index contributed by atoms with van der Waals surface area (Å²) in [6.07, 6.45) is -0.877. The molecule has 0 saturated carbocycles. The lowest BCUT2D eigenvalue weighted by molar-refractivity contribution is 0.153. The first-order valence-electron chi connectivity index (χ1n) is 2.36. The van der Waals surface area contributed by atoms with Crippen LogP contribution in [0, 0.1) is 0 Å². The molecule has 0 unspecified atom stereocenters. The number of carbonyl (C=O) groups is 2. The van der Waals surface area contributed by atoms with Gasteiger partial charge in [-0.1, -0.05) is 0 Å². The third kappa shape index (κ3) is 4.60. The number of imide groups is 1. The lowest BCUT2D eigenvalue weighted by atomic mass is 10.8. The molecule has 0 aliphatic heterocycles. The smallest absolute Gasteiger partial charge is 0.415 e. The maximum absolute atomic E-state index is 10.2. The monoisotopic (exact) mass is 131 g/mol. The van der Waals surface area contributed by atoms with Crippen molar-refractivity contribution in [3.63, 3.8) is 0 Å². The molecule has 3 amide bonds. The molecule has 9 heavy (non-hydrogen) atoms. The van der Waals surface area contributed by atoms with Gasteiger partial charge in [-0.3, -0.25) is 0 Å². The molecule has 5 nitrogen and oxygen atoms in total. The van der Waals surface area contributed by atoms with Gasteiger partial charge in [0.1, 0.15) is 0 Å². The molecule has 0 bridgehead atoms. The van der Waals surface area contributed by atoms with Crippen LogP contribution < -0.4 is 11.1 Å². The fourth-order valence-electron chi connectivity index (χ4n) is 0.260. The summed E-state index contributed by atoms with van der Waals surface area (Å²) in [7, 11) is 0. The number of nitrogens with one attached hydrogen (secondary N) is 2. The van der Waals surface area contributed by atoms with E-state index in [0.29, 0.717) is 0 Å². The lowest BCUT2D eigenvalue weighted by Gasteiger charge is -1.97. The summed E-state index contributed by atoms with van der Waals surface area (Å²) in [5.41, 5.74) is 6.24. The van der Waals surface area contributed by atoms with E-state index in [4.69, 9.17) is 5.73 Å². The van der Waals surface area contributed by atoms with Gasteiger partial charge in [0.05, 0.1) is 6.61 Å². The molecule has 0 atom stereocenters. The van der Waals surface area contributed by atoms with Gasteiger partial charge < -0.3 is 4.74 Å². The SMILES string of the molecule is CCOC(=O)NC([NH])=O. The van der Waals surface area contributed by atoms with Gasteiger partial charge in [-0.2, -0.15) is 0 Å². The Morgan fingerprint density at radius 2 is 2.22 bits per heavy atom. The van der Waals surface area contributed by atoms with Crippen molar-refractivity contribution in [3.05, 3.63) is 0 Å². The lowest BCUT2D eigenvalue weighted by Crippen LogP contribution is -2.30. The molecule has 0 aromatic heterocycles. The molecule has 5 heteroatoms. The molecule has 0 aromatic rings. The zero-order valence-electron chi connectivity index (χ0n) is 4.93. The van der Waals surface area contributed by atoms with E-state index >= 15 is 0 Å². The van der Waals surface area contributed by atoms with Crippen LogP contribution >= 0.6 is 0 Å². The van der Waals surface area contributed by atoms with Gasteiger partial charge in [0.25, 0.3) is 0 Å². The van der Waals surface area contributed by atoms with E-state index in [1.807, 2.05) is 0 Å². The normalized spacial score (nSPS) is 8.11. The Bertz CT molecular complexity index is 123. The van der Waals surface area contributed by atoms with E-state index in [1.165, 1.54) is 0 Å². The van der Waals surface area contributed by atoms with E-state index in [1.54, 1.807) is 12.2 Å². The highest BCUT2D eigenvalue weighted by Crippen LogP contribution is 1.73. The van der Waals surface area contributed by atoms with Crippen molar-refractivity contribution in [2.24, 2.45) is 0 Å². The number of alkyl carbamates (subject to hydrolysis) is 1. The number of ether oxygens (including phenoxy) is 1. The van der Waals surface area contributed by atoms with Gasteiger partial charge in [0.2, 0.25) is 0 Å². The third-order valence-corrected chi connectivity index (χ3v) is 0.491. The number of carbonyl (C=O) groups excluding carboxylic acids is 2. The minimum absolute atomic E-state index is 0.194. The molecule has 0 saturated heterocycles. The van der Waals surface area contributed by atoms with Crippen LogP contribution in [0.4, 0.5) is 9.59 Å². The molecule has 0 aliphatic carbocycles. The maximum Gasteiger partial charge on any atom is 0.415 e. The largest absolute Gasteiger partial charge is 0.450 e. The Balaban J connectivity index is 3.39. The summed E-state index contributed by atoms with van der Waals surface area (Å²) < 4.78 is 4.26. The Labute approximate surface area is 52.2 Å². The van der Waals surface area contributed by atoms with Crippen molar-refractivity contribution in [2.75, 3.05) is 6.61 Å². The minimum atomic E-state index is -1.16. The molecule has 0 fully saturated rings. The second-order valence-corrected chi connectivity index (χ2v) is 1.17. The molecular formula is C4H7N2O3. The first-order chi connectivity index (χ1) is 4.16. The Morgan fingerprint density at radius 3 is 2.56 bits per heavy atom. The molecule has 0 spiro atoms. The molecule has 1 radical (unpaired) electrons. The first-order valence-corrected chi connectivity index (χ1v) is 2.36. The third-order valence-electron chi connectivity index (χ3n) is 0.491. The zero-order chi connectivity index (χ0) is 7.28. The van der Waals surface area contributed by atoms with Crippen LogP contribution in [0.15, 0.2) is 0 Å². The summed E-state index contributed by atoms with van der Waals surface area (Å²) in [6.45, 7) is 1.80. The van der Waals surface area contributed by atoms with Crippen molar-refractivity contribution < 1.29 is 14.3 Å². The number of urea groups is 1. The summed E-state index contributed by atoms with van der Waals surface area (Å²) in [4.78, 5) is 20.0. The molecule has 0 rings (SSSR count). The number of hydrogen-bond donors (Lipinski definition) is 1. The molecule has 0 aliphatic rings. The van der Waals surface area contributed by atoms with Crippen molar-refractivity contribution in [1.82, 2.24) is 11.1 Å². The van der Waals surface area contributed by atoms with Gasteiger partial charge >= 0.3 is 12.1 Å². The average Bonchev–Trinajstić information content (AvgIpc) is 1.63. The predicted octanol–water partition coefficient (Wildman–Crippen LogP) is 0.135. The highest BCUT2D eigenvalue weighted by Gasteiger charge is 2.01. The highest BCUT2D eigenvalue weighted by molar-refractivity contribution is 5.89. The Hall–Kier alpha value is -1.26. The van der Waals surface area contributed by atoms with Crippen LogP contribution in [0.3, 0.4) is 0 Å². The Kier molecular flexibility index (Phi) is 3.19. The molecular weight excluding hydrogens is 124 g/mol. The van der Waals surface area contributed by atoms with Crippen molar-refractivity contribution in [2.45, 2.75) is 6.92 Å². The Morgan fingerprint density at radius 1 is 1.67 bits per heavy atom. The van der Waals surface area contributed by atoms with Gasteiger partial charge in [-0.25, -0.2) is 20.6 Å². The van der Waals surface area contributed by atoms with Crippen LogP contribution in [0.1, 0.15) is 6.92 Å². The van der Waals surface area contributed by atoms with Gasteiger partial charge in [0, 0.05) is 0 Å². The summed E-state index contributed by atoms with van der Waals surface area (Å²) in [5.74, 6) is 0. The number of hydrogen-bond acceptors (Lipinski definition) is 3. The van der Waals surface area contributed by atoms with Gasteiger partial charge in [-0.05, 0) is 6.92 Å². The van der Waals surface area contributed by atoms with E-state index in [2.05, 4.69) is 4.74 Å². The summed E-state index contributed by atoms with van der Waals surface area (Å²) in [6, 6.07) is -1.16. The van der Waals surface area contributed by atoms with Gasteiger partial charge in [-0.15, -0.1) is 0 Å². The van der Waals surface area contributed by atoms with Crippen LogP contribution in [0.25, 0.3) is 0 Å². The van der Waals surface area contributed by atoms with E-state index in [0.717, 1.165) is 0 Å². The van der Waals surface area contributed by atoms with Gasteiger partial charge in [0.15, 0.2) is 0 Å². The zero-order valence-corrected chi connectivity index (χ0v) is 4.93. The average molecular weight is 131 g/mol. The maximum atomic E-state index is 10.2. The van der Waals surface area contributed by atoms with Crippen LogP contribution in [0.2, 0.25) is 0 Å². The minimum Gasteiger partial charge on any atom is -0.450 e. The van der Waals surface area contributed by atoms with Crippen molar-refractivity contribution in [3.8, 4) is 0 Å². The van der Waals surface area contributed by atoms with E-state index in [-0.39, 0.29) is 6.61 Å². The number of amides is 3. The first kappa shape index (κ1) is 7.74. The van der Waals surface area contributed by atoms with Crippen LogP contribution in [0.5, 0.6) is 0 Å². The second kappa shape index (κ2) is 3.71. The van der Waals surface area contributed by atoms with Crippen molar-refractivity contribution in [1.29, 1.82) is 0 Å². The van der Waals surface area contributed by atoms with E-state index < -0.39 is 12.1 Å². The molecule has 2 N–H and O–H groups in total.